The van der Waals surface area contributed by atoms with E-state index in [9.17, 15) is 8.78 Å². The van der Waals surface area contributed by atoms with Gasteiger partial charge in [0.05, 0.1) is 0 Å². The monoisotopic (exact) mass is 283 g/mol. The number of fused-ring (bicyclic) bond motifs is 1. The van der Waals surface area contributed by atoms with Crippen molar-refractivity contribution in [2.75, 3.05) is 6.79 Å². The standard InChI is InChI=1S/C15H19F2NO2/c1-14(16,17)10-7-12-13(20-9-19-12)8-11(10)15(18)5-3-2-4-6-15/h7-8H,2-6,9,18H2,1H3. The van der Waals surface area contributed by atoms with E-state index in [4.69, 9.17) is 15.2 Å². The topological polar surface area (TPSA) is 44.5 Å². The van der Waals surface area contributed by atoms with Crippen LogP contribution < -0.4 is 15.2 Å². The Bertz CT molecular complexity index is 519. The molecule has 0 bridgehead atoms. The molecule has 1 aliphatic carbocycles. The number of hydrogen-bond acceptors (Lipinski definition) is 3. The highest BCUT2D eigenvalue weighted by atomic mass is 19.3. The normalized spacial score (nSPS) is 21.0. The molecule has 3 rings (SSSR count). The van der Waals surface area contributed by atoms with Crippen LogP contribution in [0.5, 0.6) is 11.5 Å². The van der Waals surface area contributed by atoms with Crippen LogP contribution in [-0.2, 0) is 11.5 Å². The van der Waals surface area contributed by atoms with Crippen LogP contribution in [0.25, 0.3) is 0 Å². The Balaban J connectivity index is 2.13. The first kappa shape index (κ1) is 13.6. The quantitative estimate of drug-likeness (QED) is 0.901. The molecule has 2 N–H and O–H groups in total. The minimum Gasteiger partial charge on any atom is -0.454 e. The van der Waals surface area contributed by atoms with E-state index in [2.05, 4.69) is 0 Å². The Morgan fingerprint density at radius 3 is 2.30 bits per heavy atom. The van der Waals surface area contributed by atoms with E-state index in [1.165, 1.54) is 6.07 Å². The molecule has 0 saturated heterocycles. The van der Waals surface area contributed by atoms with Gasteiger partial charge >= 0.3 is 0 Å². The molecule has 2 aliphatic rings. The number of ether oxygens (including phenoxy) is 2. The number of rotatable bonds is 2. The van der Waals surface area contributed by atoms with Crippen LogP contribution in [0.15, 0.2) is 12.1 Å². The van der Waals surface area contributed by atoms with Crippen LogP contribution in [-0.4, -0.2) is 6.79 Å². The van der Waals surface area contributed by atoms with Gasteiger partial charge in [-0.25, -0.2) is 8.78 Å². The van der Waals surface area contributed by atoms with Crippen LogP contribution in [0.2, 0.25) is 0 Å². The molecule has 0 amide bonds. The fourth-order valence-electron chi connectivity index (χ4n) is 3.17. The number of benzene rings is 1. The average molecular weight is 283 g/mol. The highest BCUT2D eigenvalue weighted by Crippen LogP contribution is 2.46. The second kappa shape index (κ2) is 4.58. The summed E-state index contributed by atoms with van der Waals surface area (Å²) in [6.45, 7) is 0.977. The molecule has 1 fully saturated rings. The van der Waals surface area contributed by atoms with Crippen molar-refractivity contribution in [3.63, 3.8) is 0 Å². The first-order valence-electron chi connectivity index (χ1n) is 7.01. The molecule has 0 unspecified atom stereocenters. The summed E-state index contributed by atoms with van der Waals surface area (Å²) in [6.07, 6.45) is 4.52. The van der Waals surface area contributed by atoms with Crippen LogP contribution in [0.4, 0.5) is 8.78 Å². The van der Waals surface area contributed by atoms with Crippen LogP contribution >= 0.6 is 0 Å². The molecule has 1 heterocycles. The van der Waals surface area contributed by atoms with E-state index in [1.54, 1.807) is 6.07 Å². The van der Waals surface area contributed by atoms with Crippen molar-refractivity contribution in [1.29, 1.82) is 0 Å². The molecule has 0 radical (unpaired) electrons. The van der Waals surface area contributed by atoms with Gasteiger partial charge in [-0.2, -0.15) is 0 Å². The molecule has 20 heavy (non-hydrogen) atoms. The first-order valence-corrected chi connectivity index (χ1v) is 7.01. The summed E-state index contributed by atoms with van der Waals surface area (Å²) < 4.78 is 38.4. The summed E-state index contributed by atoms with van der Waals surface area (Å²) in [5.41, 5.74) is 6.23. The predicted octanol–water partition coefficient (Wildman–Crippen LogP) is 3.65. The summed E-state index contributed by atoms with van der Waals surface area (Å²) in [6, 6.07) is 3.04. The molecule has 110 valence electrons. The second-order valence-electron chi connectivity index (χ2n) is 5.86. The Labute approximate surface area is 117 Å². The van der Waals surface area contributed by atoms with Gasteiger partial charge in [0.15, 0.2) is 11.5 Å². The van der Waals surface area contributed by atoms with Gasteiger partial charge in [-0.3, -0.25) is 0 Å². The summed E-state index contributed by atoms with van der Waals surface area (Å²) >= 11 is 0. The fraction of sp³-hybridized carbons (Fsp3) is 0.600. The Morgan fingerprint density at radius 2 is 1.70 bits per heavy atom. The molecule has 0 atom stereocenters. The van der Waals surface area contributed by atoms with Gasteiger partial charge in [0, 0.05) is 18.0 Å². The highest BCUT2D eigenvalue weighted by Gasteiger charge is 2.39. The maximum Gasteiger partial charge on any atom is 0.270 e. The maximum atomic E-state index is 14.0. The largest absolute Gasteiger partial charge is 0.454 e. The van der Waals surface area contributed by atoms with Crippen molar-refractivity contribution in [2.45, 2.75) is 50.5 Å². The van der Waals surface area contributed by atoms with E-state index >= 15 is 0 Å². The minimum absolute atomic E-state index is 0.0360. The summed E-state index contributed by atoms with van der Waals surface area (Å²) in [5, 5.41) is 0. The smallest absolute Gasteiger partial charge is 0.270 e. The summed E-state index contributed by atoms with van der Waals surface area (Å²) in [4.78, 5) is 0. The molecular weight excluding hydrogens is 264 g/mol. The van der Waals surface area contributed by atoms with Gasteiger partial charge < -0.3 is 15.2 Å². The molecule has 1 saturated carbocycles. The van der Waals surface area contributed by atoms with Gasteiger partial charge in [0.25, 0.3) is 5.92 Å². The van der Waals surface area contributed by atoms with E-state index in [-0.39, 0.29) is 12.4 Å². The van der Waals surface area contributed by atoms with Crippen molar-refractivity contribution < 1.29 is 18.3 Å². The van der Waals surface area contributed by atoms with Gasteiger partial charge in [0.2, 0.25) is 6.79 Å². The lowest BCUT2D eigenvalue weighted by Gasteiger charge is -2.36. The zero-order valence-corrected chi connectivity index (χ0v) is 11.5. The lowest BCUT2D eigenvalue weighted by atomic mass is 9.75. The zero-order chi connectivity index (χ0) is 14.4. The second-order valence-corrected chi connectivity index (χ2v) is 5.86. The molecule has 0 spiro atoms. The number of halogens is 2. The van der Waals surface area contributed by atoms with Gasteiger partial charge in [0.1, 0.15) is 0 Å². The summed E-state index contributed by atoms with van der Waals surface area (Å²) in [7, 11) is 0. The SMILES string of the molecule is CC(F)(F)c1cc2c(cc1C1(N)CCCCC1)OCO2. The zero-order valence-electron chi connectivity index (χ0n) is 11.5. The van der Waals surface area contributed by atoms with E-state index in [0.29, 0.717) is 17.1 Å². The van der Waals surface area contributed by atoms with Crippen LogP contribution in [0, 0.1) is 0 Å². The molecule has 0 aromatic heterocycles. The summed E-state index contributed by atoms with van der Waals surface area (Å²) in [5.74, 6) is -2.05. The Morgan fingerprint density at radius 1 is 1.10 bits per heavy atom. The Kier molecular flexibility index (Phi) is 3.12. The van der Waals surface area contributed by atoms with Crippen LogP contribution in [0.3, 0.4) is 0 Å². The van der Waals surface area contributed by atoms with Crippen molar-refractivity contribution in [3.8, 4) is 11.5 Å². The molecule has 1 aromatic carbocycles. The Hall–Kier alpha value is -1.36. The van der Waals surface area contributed by atoms with Gasteiger partial charge in [-0.1, -0.05) is 19.3 Å². The van der Waals surface area contributed by atoms with Crippen molar-refractivity contribution in [3.05, 3.63) is 23.3 Å². The minimum atomic E-state index is -2.94. The van der Waals surface area contributed by atoms with Crippen molar-refractivity contribution in [1.82, 2.24) is 0 Å². The lowest BCUT2D eigenvalue weighted by molar-refractivity contribution is 0.0146. The van der Waals surface area contributed by atoms with Crippen LogP contribution in [0.1, 0.15) is 50.2 Å². The van der Waals surface area contributed by atoms with E-state index in [1.807, 2.05) is 0 Å². The van der Waals surface area contributed by atoms with Crippen molar-refractivity contribution >= 4 is 0 Å². The van der Waals surface area contributed by atoms with Crippen molar-refractivity contribution in [2.24, 2.45) is 5.73 Å². The molecule has 5 heteroatoms. The third kappa shape index (κ3) is 2.24. The molecular formula is C15H19F2NO2. The lowest BCUT2D eigenvalue weighted by Crippen LogP contribution is -2.40. The van der Waals surface area contributed by atoms with Gasteiger partial charge in [-0.05, 0) is 30.5 Å². The maximum absolute atomic E-state index is 14.0. The van der Waals surface area contributed by atoms with Gasteiger partial charge in [-0.15, -0.1) is 0 Å². The predicted molar refractivity (Wildman–Crippen MR) is 71.1 cm³/mol. The third-order valence-corrected chi connectivity index (χ3v) is 4.27. The average Bonchev–Trinajstić information content (AvgIpc) is 2.84. The van der Waals surface area contributed by atoms with E-state index in [0.717, 1.165) is 39.0 Å². The van der Waals surface area contributed by atoms with E-state index < -0.39 is 11.5 Å². The fourth-order valence-corrected chi connectivity index (χ4v) is 3.17. The number of alkyl halides is 2. The molecule has 1 aromatic rings. The number of hydrogen-bond donors (Lipinski definition) is 1. The first-order chi connectivity index (χ1) is 9.40. The molecule has 1 aliphatic heterocycles. The number of nitrogens with two attached hydrogens (primary N) is 1. The third-order valence-electron chi connectivity index (χ3n) is 4.27. The highest BCUT2D eigenvalue weighted by molar-refractivity contribution is 5.52. The molecule has 3 nitrogen and oxygen atoms in total.